The van der Waals surface area contributed by atoms with Crippen LogP contribution in [0, 0.1) is 5.92 Å². The molecule has 1 aromatic rings. The minimum absolute atomic E-state index is 0.395. The molecule has 2 atom stereocenters. The SMILES string of the molecule is CC(NCC1CCN(C(C)C)C1)c1cccnc1. The molecular weight excluding hydrogens is 222 g/mol. The van der Waals surface area contributed by atoms with Gasteiger partial charge in [-0.2, -0.15) is 0 Å². The fourth-order valence-corrected chi connectivity index (χ4v) is 2.59. The van der Waals surface area contributed by atoms with Crippen LogP contribution in [-0.2, 0) is 0 Å². The number of hydrogen-bond donors (Lipinski definition) is 1. The van der Waals surface area contributed by atoms with E-state index in [4.69, 9.17) is 0 Å². The van der Waals surface area contributed by atoms with Gasteiger partial charge in [0.2, 0.25) is 0 Å². The lowest BCUT2D eigenvalue weighted by molar-refractivity contribution is 0.263. The first-order valence-electron chi connectivity index (χ1n) is 7.04. The van der Waals surface area contributed by atoms with Crippen molar-refractivity contribution in [1.29, 1.82) is 0 Å². The van der Waals surface area contributed by atoms with E-state index in [0.717, 1.165) is 12.5 Å². The fourth-order valence-electron chi connectivity index (χ4n) is 2.59. The summed E-state index contributed by atoms with van der Waals surface area (Å²) in [5, 5.41) is 3.63. The van der Waals surface area contributed by atoms with E-state index in [9.17, 15) is 0 Å². The summed E-state index contributed by atoms with van der Waals surface area (Å²) in [5.74, 6) is 0.798. The molecule has 0 radical (unpaired) electrons. The van der Waals surface area contributed by atoms with E-state index in [1.165, 1.54) is 25.1 Å². The third-order valence-corrected chi connectivity index (χ3v) is 3.94. The zero-order valence-corrected chi connectivity index (χ0v) is 11.8. The zero-order chi connectivity index (χ0) is 13.0. The van der Waals surface area contributed by atoms with Crippen molar-refractivity contribution in [3.05, 3.63) is 30.1 Å². The van der Waals surface area contributed by atoms with Crippen LogP contribution in [-0.4, -0.2) is 35.6 Å². The number of nitrogens with zero attached hydrogens (tertiary/aromatic N) is 2. The van der Waals surface area contributed by atoms with Gasteiger partial charge in [0.15, 0.2) is 0 Å². The Kier molecular flexibility index (Phi) is 4.72. The Morgan fingerprint density at radius 2 is 2.28 bits per heavy atom. The number of nitrogens with one attached hydrogen (secondary N) is 1. The van der Waals surface area contributed by atoms with Gasteiger partial charge in [-0.05, 0) is 57.8 Å². The molecule has 0 amide bonds. The van der Waals surface area contributed by atoms with Crippen molar-refractivity contribution in [3.8, 4) is 0 Å². The monoisotopic (exact) mass is 247 g/mol. The molecule has 0 saturated carbocycles. The van der Waals surface area contributed by atoms with Crippen molar-refractivity contribution < 1.29 is 0 Å². The van der Waals surface area contributed by atoms with Gasteiger partial charge in [-0.3, -0.25) is 4.98 Å². The topological polar surface area (TPSA) is 28.2 Å². The van der Waals surface area contributed by atoms with Crippen molar-refractivity contribution in [2.45, 2.75) is 39.3 Å². The standard InChI is InChI=1S/C15H25N3/c1-12(2)18-8-6-14(11-18)9-17-13(3)15-5-4-7-16-10-15/h4-5,7,10,12-14,17H,6,8-9,11H2,1-3H3. The molecule has 0 aliphatic carbocycles. The highest BCUT2D eigenvalue weighted by Crippen LogP contribution is 2.19. The minimum atomic E-state index is 0.395. The molecule has 0 aromatic carbocycles. The zero-order valence-electron chi connectivity index (χ0n) is 11.8. The molecule has 2 rings (SSSR count). The predicted octanol–water partition coefficient (Wildman–Crippen LogP) is 2.46. The largest absolute Gasteiger partial charge is 0.310 e. The molecule has 2 unspecified atom stereocenters. The Morgan fingerprint density at radius 1 is 1.44 bits per heavy atom. The van der Waals surface area contributed by atoms with Crippen LogP contribution in [0.4, 0.5) is 0 Å². The molecule has 1 N–H and O–H groups in total. The lowest BCUT2D eigenvalue weighted by Gasteiger charge is -2.21. The summed E-state index contributed by atoms with van der Waals surface area (Å²) in [5.41, 5.74) is 1.27. The first-order valence-corrected chi connectivity index (χ1v) is 7.04. The van der Waals surface area contributed by atoms with Gasteiger partial charge in [0.1, 0.15) is 0 Å². The molecule has 2 heterocycles. The number of likely N-dealkylation sites (tertiary alicyclic amines) is 1. The van der Waals surface area contributed by atoms with E-state index in [2.05, 4.69) is 42.0 Å². The van der Waals surface area contributed by atoms with Crippen molar-refractivity contribution in [2.24, 2.45) is 5.92 Å². The first-order chi connectivity index (χ1) is 8.66. The Morgan fingerprint density at radius 3 is 2.89 bits per heavy atom. The van der Waals surface area contributed by atoms with Crippen LogP contribution < -0.4 is 5.32 Å². The molecular formula is C15H25N3. The van der Waals surface area contributed by atoms with Crippen LogP contribution in [0.1, 0.15) is 38.8 Å². The smallest absolute Gasteiger partial charge is 0.0315 e. The highest BCUT2D eigenvalue weighted by molar-refractivity contribution is 5.12. The van der Waals surface area contributed by atoms with E-state index < -0.39 is 0 Å². The van der Waals surface area contributed by atoms with Gasteiger partial charge in [-0.1, -0.05) is 6.07 Å². The summed E-state index contributed by atoms with van der Waals surface area (Å²) < 4.78 is 0. The summed E-state index contributed by atoms with van der Waals surface area (Å²) >= 11 is 0. The summed E-state index contributed by atoms with van der Waals surface area (Å²) in [6.07, 6.45) is 5.10. The van der Waals surface area contributed by atoms with Gasteiger partial charge < -0.3 is 10.2 Å². The van der Waals surface area contributed by atoms with E-state index in [1.54, 1.807) is 0 Å². The average molecular weight is 247 g/mol. The van der Waals surface area contributed by atoms with Gasteiger partial charge >= 0.3 is 0 Å². The predicted molar refractivity (Wildman–Crippen MR) is 75.5 cm³/mol. The first kappa shape index (κ1) is 13.5. The Bertz CT molecular complexity index is 350. The Hall–Kier alpha value is -0.930. The average Bonchev–Trinajstić information content (AvgIpc) is 2.86. The van der Waals surface area contributed by atoms with Crippen LogP contribution in [0.3, 0.4) is 0 Å². The fraction of sp³-hybridized carbons (Fsp3) is 0.667. The molecule has 0 spiro atoms. The highest BCUT2D eigenvalue weighted by atomic mass is 15.2. The molecule has 3 heteroatoms. The molecule has 1 aliphatic rings. The lowest BCUT2D eigenvalue weighted by atomic mass is 10.1. The third kappa shape index (κ3) is 3.53. The number of rotatable bonds is 5. The second-order valence-electron chi connectivity index (χ2n) is 5.66. The van der Waals surface area contributed by atoms with Gasteiger partial charge in [-0.15, -0.1) is 0 Å². The number of aromatic nitrogens is 1. The summed E-state index contributed by atoms with van der Waals surface area (Å²) in [6.45, 7) is 10.4. The second kappa shape index (κ2) is 6.30. The quantitative estimate of drug-likeness (QED) is 0.866. The number of pyridine rings is 1. The van der Waals surface area contributed by atoms with Crippen LogP contribution in [0.2, 0.25) is 0 Å². The van der Waals surface area contributed by atoms with E-state index in [0.29, 0.717) is 12.1 Å². The maximum Gasteiger partial charge on any atom is 0.0315 e. The molecule has 18 heavy (non-hydrogen) atoms. The van der Waals surface area contributed by atoms with Crippen molar-refractivity contribution in [2.75, 3.05) is 19.6 Å². The van der Waals surface area contributed by atoms with Gasteiger partial charge in [0.05, 0.1) is 0 Å². The molecule has 3 nitrogen and oxygen atoms in total. The maximum absolute atomic E-state index is 4.17. The highest BCUT2D eigenvalue weighted by Gasteiger charge is 2.24. The third-order valence-electron chi connectivity index (χ3n) is 3.94. The molecule has 1 aromatic heterocycles. The minimum Gasteiger partial charge on any atom is -0.310 e. The Balaban J connectivity index is 1.76. The van der Waals surface area contributed by atoms with Crippen molar-refractivity contribution >= 4 is 0 Å². The van der Waals surface area contributed by atoms with Gasteiger partial charge in [0, 0.05) is 31.0 Å². The molecule has 1 saturated heterocycles. The van der Waals surface area contributed by atoms with Crippen LogP contribution >= 0.6 is 0 Å². The lowest BCUT2D eigenvalue weighted by Crippen LogP contribution is -2.31. The van der Waals surface area contributed by atoms with Crippen LogP contribution in [0.25, 0.3) is 0 Å². The van der Waals surface area contributed by atoms with E-state index >= 15 is 0 Å². The van der Waals surface area contributed by atoms with Gasteiger partial charge in [-0.25, -0.2) is 0 Å². The second-order valence-corrected chi connectivity index (χ2v) is 5.66. The molecule has 0 bridgehead atoms. The van der Waals surface area contributed by atoms with Crippen molar-refractivity contribution in [1.82, 2.24) is 15.2 Å². The van der Waals surface area contributed by atoms with Gasteiger partial charge in [0.25, 0.3) is 0 Å². The summed E-state index contributed by atoms with van der Waals surface area (Å²) in [7, 11) is 0. The summed E-state index contributed by atoms with van der Waals surface area (Å²) in [6, 6.07) is 5.22. The van der Waals surface area contributed by atoms with E-state index in [-0.39, 0.29) is 0 Å². The number of hydrogen-bond acceptors (Lipinski definition) is 3. The Labute approximate surface area is 111 Å². The van der Waals surface area contributed by atoms with Crippen LogP contribution in [0.15, 0.2) is 24.5 Å². The normalized spacial score (nSPS) is 22.6. The molecule has 1 fully saturated rings. The summed E-state index contributed by atoms with van der Waals surface area (Å²) in [4.78, 5) is 6.74. The van der Waals surface area contributed by atoms with Crippen molar-refractivity contribution in [3.63, 3.8) is 0 Å². The maximum atomic E-state index is 4.17. The van der Waals surface area contributed by atoms with Crippen LogP contribution in [0.5, 0.6) is 0 Å². The molecule has 100 valence electrons. The molecule has 1 aliphatic heterocycles. The van der Waals surface area contributed by atoms with E-state index in [1.807, 2.05) is 18.5 Å².